The molecule has 1 atom stereocenters. The zero-order chi connectivity index (χ0) is 15.3. The maximum atomic E-state index is 5.80. The van der Waals surface area contributed by atoms with Gasteiger partial charge in [-0.3, -0.25) is 16.0 Å². The Morgan fingerprint density at radius 2 is 2.14 bits per heavy atom. The van der Waals surface area contributed by atoms with Gasteiger partial charge in [0.2, 0.25) is 0 Å². The molecule has 1 unspecified atom stereocenters. The zero-order valence-corrected chi connectivity index (χ0v) is 13.6. The largest absolute Gasteiger partial charge is 0.374 e. The number of hydrazine groups is 1. The van der Waals surface area contributed by atoms with E-state index in [0.29, 0.717) is 12.6 Å². The van der Waals surface area contributed by atoms with Gasteiger partial charge in [-0.05, 0) is 39.7 Å². The van der Waals surface area contributed by atoms with Crippen LogP contribution in [0.3, 0.4) is 0 Å². The Balaban J connectivity index is 2.00. The molecule has 1 aliphatic rings. The van der Waals surface area contributed by atoms with Crippen molar-refractivity contribution in [1.29, 1.82) is 0 Å². The summed E-state index contributed by atoms with van der Waals surface area (Å²) in [6.07, 6.45) is 9.42. The Bertz CT molecular complexity index is 424. The third-order valence-corrected chi connectivity index (χ3v) is 4.58. The van der Waals surface area contributed by atoms with E-state index < -0.39 is 0 Å². The molecule has 120 valence electrons. The fourth-order valence-electron chi connectivity index (χ4n) is 3.22. The lowest BCUT2D eigenvalue weighted by Crippen LogP contribution is -2.52. The van der Waals surface area contributed by atoms with Crippen LogP contribution >= 0.6 is 0 Å². The quantitative estimate of drug-likeness (QED) is 0.599. The van der Waals surface area contributed by atoms with Gasteiger partial charge >= 0.3 is 0 Å². The molecular formula is C16H30N4O. The maximum Gasteiger partial charge on any atom is 0.0795 e. The van der Waals surface area contributed by atoms with Gasteiger partial charge in [0.25, 0.3) is 0 Å². The molecule has 5 nitrogen and oxygen atoms in total. The van der Waals surface area contributed by atoms with Crippen molar-refractivity contribution >= 4 is 0 Å². The van der Waals surface area contributed by atoms with Crippen LogP contribution < -0.4 is 11.3 Å². The molecule has 1 heterocycles. The third kappa shape index (κ3) is 4.28. The molecular weight excluding hydrogens is 264 g/mol. The highest BCUT2D eigenvalue weighted by Crippen LogP contribution is 2.27. The Kier molecular flexibility index (Phi) is 5.79. The summed E-state index contributed by atoms with van der Waals surface area (Å²) in [5.74, 6) is 5.72. The van der Waals surface area contributed by atoms with Crippen molar-refractivity contribution in [3.63, 3.8) is 0 Å². The van der Waals surface area contributed by atoms with E-state index in [4.69, 9.17) is 15.7 Å². The minimum atomic E-state index is -0.307. The molecule has 0 radical (unpaired) electrons. The van der Waals surface area contributed by atoms with Crippen LogP contribution in [0.1, 0.15) is 64.6 Å². The van der Waals surface area contributed by atoms with Gasteiger partial charge in [-0.2, -0.15) is 5.10 Å². The number of aromatic nitrogens is 2. The third-order valence-electron chi connectivity index (χ3n) is 4.58. The second kappa shape index (κ2) is 7.38. The van der Waals surface area contributed by atoms with Gasteiger partial charge in [-0.1, -0.05) is 19.3 Å². The number of nitrogens with two attached hydrogens (primary N) is 1. The summed E-state index contributed by atoms with van der Waals surface area (Å²) in [4.78, 5) is 0. The van der Waals surface area contributed by atoms with Gasteiger partial charge in [0.05, 0.1) is 23.4 Å². The number of nitrogens with zero attached hydrogens (tertiary/aromatic N) is 2. The van der Waals surface area contributed by atoms with Crippen molar-refractivity contribution in [2.75, 3.05) is 6.61 Å². The van der Waals surface area contributed by atoms with Gasteiger partial charge in [-0.15, -0.1) is 0 Å². The first-order valence-electron chi connectivity index (χ1n) is 8.21. The second-order valence-electron chi connectivity index (χ2n) is 6.54. The van der Waals surface area contributed by atoms with Gasteiger partial charge in [0, 0.05) is 19.2 Å². The van der Waals surface area contributed by atoms with Gasteiger partial charge < -0.3 is 4.74 Å². The number of rotatable bonds is 7. The molecule has 0 amide bonds. The molecule has 0 bridgehead atoms. The Labute approximate surface area is 128 Å². The standard InChI is InChI=1S/C16H30N4O/c1-4-21-16(2,3)15(18-17)12-13-10-11-20(19-13)14-8-6-5-7-9-14/h10-11,14-15,18H,4-9,12,17H2,1-3H3. The maximum absolute atomic E-state index is 5.80. The number of nitrogens with one attached hydrogen (secondary N) is 1. The van der Waals surface area contributed by atoms with Crippen molar-refractivity contribution in [2.24, 2.45) is 5.84 Å². The minimum Gasteiger partial charge on any atom is -0.374 e. The molecule has 1 aromatic rings. The van der Waals surface area contributed by atoms with Crippen LogP contribution in [0.25, 0.3) is 0 Å². The highest BCUT2D eigenvalue weighted by Gasteiger charge is 2.30. The molecule has 0 aromatic carbocycles. The van der Waals surface area contributed by atoms with E-state index in [0.717, 1.165) is 12.1 Å². The van der Waals surface area contributed by atoms with Crippen molar-refractivity contribution in [2.45, 2.75) is 77.0 Å². The molecule has 3 N–H and O–H groups in total. The summed E-state index contributed by atoms with van der Waals surface area (Å²) in [6, 6.07) is 2.74. The van der Waals surface area contributed by atoms with E-state index in [2.05, 4.69) is 36.2 Å². The molecule has 1 aliphatic carbocycles. The summed E-state index contributed by atoms with van der Waals surface area (Å²) in [6.45, 7) is 6.83. The van der Waals surface area contributed by atoms with E-state index in [9.17, 15) is 0 Å². The molecule has 0 saturated heterocycles. The van der Waals surface area contributed by atoms with E-state index >= 15 is 0 Å². The van der Waals surface area contributed by atoms with Crippen LogP contribution in [0.4, 0.5) is 0 Å². The molecule has 1 saturated carbocycles. The van der Waals surface area contributed by atoms with Gasteiger partial charge in [-0.25, -0.2) is 0 Å². The fraction of sp³-hybridized carbons (Fsp3) is 0.812. The lowest BCUT2D eigenvalue weighted by Gasteiger charge is -2.33. The monoisotopic (exact) mass is 294 g/mol. The Morgan fingerprint density at radius 3 is 2.76 bits per heavy atom. The number of hydrogen-bond donors (Lipinski definition) is 2. The summed E-state index contributed by atoms with van der Waals surface area (Å²) < 4.78 is 7.95. The lowest BCUT2D eigenvalue weighted by molar-refractivity contribution is -0.0383. The Hall–Kier alpha value is -0.910. The van der Waals surface area contributed by atoms with E-state index in [1.807, 2.05) is 6.92 Å². The van der Waals surface area contributed by atoms with E-state index in [-0.39, 0.29) is 11.6 Å². The van der Waals surface area contributed by atoms with Crippen molar-refractivity contribution in [1.82, 2.24) is 15.2 Å². The van der Waals surface area contributed by atoms with Crippen molar-refractivity contribution in [3.8, 4) is 0 Å². The van der Waals surface area contributed by atoms with Crippen LogP contribution in [0.15, 0.2) is 12.3 Å². The van der Waals surface area contributed by atoms with Crippen molar-refractivity contribution in [3.05, 3.63) is 18.0 Å². The lowest BCUT2D eigenvalue weighted by atomic mass is 9.95. The normalized spacial score (nSPS) is 18.9. The molecule has 0 aliphatic heterocycles. The average molecular weight is 294 g/mol. The minimum absolute atomic E-state index is 0.0483. The first kappa shape index (κ1) is 16.5. The van der Waals surface area contributed by atoms with Crippen LogP contribution in [0.5, 0.6) is 0 Å². The molecule has 1 fully saturated rings. The first-order chi connectivity index (χ1) is 10.1. The summed E-state index contributed by atoms with van der Waals surface area (Å²) in [5, 5.41) is 4.76. The first-order valence-corrected chi connectivity index (χ1v) is 8.21. The highest BCUT2D eigenvalue weighted by atomic mass is 16.5. The van der Waals surface area contributed by atoms with Crippen LogP contribution in [-0.2, 0) is 11.2 Å². The summed E-state index contributed by atoms with van der Waals surface area (Å²) in [5.41, 5.74) is 3.66. The molecule has 0 spiro atoms. The van der Waals surface area contributed by atoms with E-state index in [1.54, 1.807) is 0 Å². The Morgan fingerprint density at radius 1 is 1.43 bits per heavy atom. The summed E-state index contributed by atoms with van der Waals surface area (Å²) in [7, 11) is 0. The number of ether oxygens (including phenoxy) is 1. The molecule has 5 heteroatoms. The molecule has 21 heavy (non-hydrogen) atoms. The topological polar surface area (TPSA) is 65.1 Å². The summed E-state index contributed by atoms with van der Waals surface area (Å²) >= 11 is 0. The zero-order valence-electron chi connectivity index (χ0n) is 13.6. The van der Waals surface area contributed by atoms with Crippen LogP contribution in [-0.4, -0.2) is 28.0 Å². The second-order valence-corrected chi connectivity index (χ2v) is 6.54. The number of hydrogen-bond acceptors (Lipinski definition) is 4. The van der Waals surface area contributed by atoms with Crippen LogP contribution in [0.2, 0.25) is 0 Å². The average Bonchev–Trinajstić information content (AvgIpc) is 2.94. The van der Waals surface area contributed by atoms with Gasteiger partial charge in [0.15, 0.2) is 0 Å². The van der Waals surface area contributed by atoms with Gasteiger partial charge in [0.1, 0.15) is 0 Å². The van der Waals surface area contributed by atoms with Crippen LogP contribution in [0, 0.1) is 0 Å². The van der Waals surface area contributed by atoms with E-state index in [1.165, 1.54) is 32.1 Å². The molecule has 1 aromatic heterocycles. The predicted octanol–water partition coefficient (Wildman–Crippen LogP) is 2.58. The van der Waals surface area contributed by atoms with Crippen molar-refractivity contribution < 1.29 is 4.74 Å². The predicted molar refractivity (Wildman–Crippen MR) is 84.9 cm³/mol. The molecule has 2 rings (SSSR count). The fourth-order valence-corrected chi connectivity index (χ4v) is 3.22. The highest BCUT2D eigenvalue weighted by molar-refractivity contribution is 5.05. The smallest absolute Gasteiger partial charge is 0.0795 e. The SMILES string of the molecule is CCOC(C)(C)C(Cc1ccn(C2CCCCC2)n1)NN.